The Morgan fingerprint density at radius 3 is 2.44 bits per heavy atom. The molecular formula is C31H27N5O5. The zero-order chi connectivity index (χ0) is 28.8. The van der Waals surface area contributed by atoms with Gasteiger partial charge in [-0.25, -0.2) is 14.8 Å². The summed E-state index contributed by atoms with van der Waals surface area (Å²) in [6.07, 6.45) is 5.31. The zero-order valence-corrected chi connectivity index (χ0v) is 22.3. The monoisotopic (exact) mass is 549 g/mol. The topological polar surface area (TPSA) is 129 Å². The number of benzene rings is 3. The summed E-state index contributed by atoms with van der Waals surface area (Å²) >= 11 is 0. The van der Waals surface area contributed by atoms with E-state index in [4.69, 9.17) is 14.7 Å². The molecule has 0 aliphatic heterocycles. The lowest BCUT2D eigenvalue weighted by Crippen LogP contribution is -2.16. The Morgan fingerprint density at radius 2 is 1.71 bits per heavy atom. The number of aromatic nitrogens is 3. The molecule has 0 aliphatic rings. The van der Waals surface area contributed by atoms with Crippen LogP contribution in [0.1, 0.15) is 42.1 Å². The van der Waals surface area contributed by atoms with Crippen LogP contribution in [0.15, 0.2) is 84.9 Å². The zero-order valence-electron chi connectivity index (χ0n) is 22.3. The highest BCUT2D eigenvalue weighted by Crippen LogP contribution is 2.33. The lowest BCUT2D eigenvalue weighted by atomic mass is 10.2. The average molecular weight is 550 g/mol. The molecule has 1 amide bonds. The Balaban J connectivity index is 1.63. The third kappa shape index (κ3) is 5.96. The van der Waals surface area contributed by atoms with Gasteiger partial charge in [0.05, 0.1) is 22.6 Å². The van der Waals surface area contributed by atoms with E-state index >= 15 is 0 Å². The van der Waals surface area contributed by atoms with Crippen molar-refractivity contribution < 1.29 is 19.2 Å². The molecular weight excluding hydrogens is 522 g/mol. The van der Waals surface area contributed by atoms with Crippen molar-refractivity contribution in [3.63, 3.8) is 0 Å². The quantitative estimate of drug-likeness (QED) is 0.0694. The van der Waals surface area contributed by atoms with E-state index in [0.717, 1.165) is 12.8 Å². The van der Waals surface area contributed by atoms with Gasteiger partial charge in [0.2, 0.25) is 5.91 Å². The number of carbonyl (C=O) groups excluding carboxylic acids is 2. The number of non-ortho nitro benzene ring substituents is 1. The van der Waals surface area contributed by atoms with Crippen LogP contribution >= 0.6 is 0 Å². The number of esters is 1. The van der Waals surface area contributed by atoms with Gasteiger partial charge in [-0.3, -0.25) is 19.5 Å². The fourth-order valence-corrected chi connectivity index (χ4v) is 4.45. The SMILES string of the molecule is CCCCCOC(=O)c1c(NC(=O)C=Cc2cccc([N+](=O)[O-])c2)n(-c2ccccc2)c2nc3ccccc3nc12. The van der Waals surface area contributed by atoms with E-state index in [1.165, 1.54) is 30.4 Å². The number of ether oxygens (including phenoxy) is 1. The maximum Gasteiger partial charge on any atom is 0.344 e. The van der Waals surface area contributed by atoms with Crippen LogP contribution in [-0.4, -0.2) is 37.9 Å². The maximum atomic E-state index is 13.5. The smallest absolute Gasteiger partial charge is 0.344 e. The van der Waals surface area contributed by atoms with Crippen LogP contribution in [-0.2, 0) is 9.53 Å². The molecule has 0 atom stereocenters. The van der Waals surface area contributed by atoms with Crippen molar-refractivity contribution in [2.24, 2.45) is 0 Å². The minimum Gasteiger partial charge on any atom is -0.462 e. The fraction of sp³-hybridized carbons (Fsp3) is 0.161. The van der Waals surface area contributed by atoms with Crippen LogP contribution in [0.4, 0.5) is 11.5 Å². The molecule has 0 saturated heterocycles. The van der Waals surface area contributed by atoms with Crippen LogP contribution < -0.4 is 5.32 Å². The molecule has 10 nitrogen and oxygen atoms in total. The summed E-state index contributed by atoms with van der Waals surface area (Å²) in [5, 5.41) is 14.0. The highest BCUT2D eigenvalue weighted by Gasteiger charge is 2.28. The number of amides is 1. The molecule has 0 fully saturated rings. The molecule has 1 N–H and O–H groups in total. The van der Waals surface area contributed by atoms with Crippen molar-refractivity contribution in [1.29, 1.82) is 0 Å². The van der Waals surface area contributed by atoms with E-state index in [1.807, 2.05) is 48.5 Å². The number of nitrogens with zero attached hydrogens (tertiary/aromatic N) is 4. The summed E-state index contributed by atoms with van der Waals surface area (Å²) in [6.45, 7) is 2.29. The van der Waals surface area contributed by atoms with Gasteiger partial charge in [0.15, 0.2) is 5.65 Å². The third-order valence-electron chi connectivity index (χ3n) is 6.41. The van der Waals surface area contributed by atoms with Gasteiger partial charge in [0.1, 0.15) is 16.9 Å². The van der Waals surface area contributed by atoms with Gasteiger partial charge in [-0.1, -0.05) is 62.2 Å². The second-order valence-corrected chi connectivity index (χ2v) is 9.30. The van der Waals surface area contributed by atoms with Gasteiger partial charge in [0.25, 0.3) is 5.69 Å². The molecule has 0 radical (unpaired) electrons. The number of fused-ring (bicyclic) bond motifs is 2. The first kappa shape index (κ1) is 27.2. The number of anilines is 1. The van der Waals surface area contributed by atoms with E-state index in [-0.39, 0.29) is 23.7 Å². The summed E-state index contributed by atoms with van der Waals surface area (Å²) in [5.41, 5.74) is 3.03. The molecule has 41 heavy (non-hydrogen) atoms. The van der Waals surface area contributed by atoms with Crippen molar-refractivity contribution in [3.05, 3.63) is 106 Å². The second-order valence-electron chi connectivity index (χ2n) is 9.30. The van der Waals surface area contributed by atoms with Gasteiger partial charge in [-0.15, -0.1) is 0 Å². The number of carbonyl (C=O) groups is 2. The van der Waals surface area contributed by atoms with Crippen molar-refractivity contribution in [3.8, 4) is 5.69 Å². The molecule has 10 heteroatoms. The molecule has 2 aromatic heterocycles. The van der Waals surface area contributed by atoms with Crippen LogP contribution in [0.5, 0.6) is 0 Å². The normalized spacial score (nSPS) is 11.2. The van der Waals surface area contributed by atoms with Gasteiger partial charge in [0, 0.05) is 23.9 Å². The Kier molecular flexibility index (Phi) is 8.10. The van der Waals surface area contributed by atoms with E-state index < -0.39 is 16.8 Å². The van der Waals surface area contributed by atoms with Crippen molar-refractivity contribution in [2.45, 2.75) is 26.2 Å². The molecule has 0 saturated carbocycles. The predicted octanol–water partition coefficient (Wildman–Crippen LogP) is 6.48. The summed E-state index contributed by atoms with van der Waals surface area (Å²) in [6, 6.07) is 22.4. The van der Waals surface area contributed by atoms with Crippen molar-refractivity contribution in [2.75, 3.05) is 11.9 Å². The minimum atomic E-state index is -0.622. The number of nitro benzene ring substituents is 1. The molecule has 3 aromatic carbocycles. The van der Waals surface area contributed by atoms with Crippen molar-refractivity contribution in [1.82, 2.24) is 14.5 Å². The number of rotatable bonds is 10. The van der Waals surface area contributed by atoms with Crippen LogP contribution in [0.25, 0.3) is 34.0 Å². The first-order valence-corrected chi connectivity index (χ1v) is 13.2. The van der Waals surface area contributed by atoms with E-state index in [1.54, 1.807) is 16.7 Å². The van der Waals surface area contributed by atoms with E-state index in [0.29, 0.717) is 39.9 Å². The Morgan fingerprint density at radius 1 is 0.976 bits per heavy atom. The second kappa shape index (κ2) is 12.2. The summed E-state index contributed by atoms with van der Waals surface area (Å²) in [7, 11) is 0. The lowest BCUT2D eigenvalue weighted by molar-refractivity contribution is -0.384. The highest BCUT2D eigenvalue weighted by atomic mass is 16.6. The molecule has 0 spiro atoms. The molecule has 2 heterocycles. The van der Waals surface area contributed by atoms with Crippen LogP contribution in [0.3, 0.4) is 0 Å². The number of para-hydroxylation sites is 3. The third-order valence-corrected chi connectivity index (χ3v) is 6.41. The molecule has 0 unspecified atom stereocenters. The highest BCUT2D eigenvalue weighted by molar-refractivity contribution is 6.13. The van der Waals surface area contributed by atoms with Crippen molar-refractivity contribution >= 4 is 51.7 Å². The predicted molar refractivity (Wildman–Crippen MR) is 157 cm³/mol. The molecule has 0 bridgehead atoms. The first-order chi connectivity index (χ1) is 20.0. The van der Waals surface area contributed by atoms with Gasteiger partial charge in [-0.05, 0) is 42.3 Å². The minimum absolute atomic E-state index is 0.0888. The Bertz CT molecular complexity index is 1780. The summed E-state index contributed by atoms with van der Waals surface area (Å²) in [4.78, 5) is 47.0. The standard InChI is InChI=1S/C31H27N5O5/c1-2-3-9-19-41-31(38)27-28-30(33-25-16-8-7-15-24(25)32-28)35(22-12-5-4-6-13-22)29(27)34-26(37)18-17-21-11-10-14-23(20-21)36(39)40/h4-8,10-18,20H,2-3,9,19H2,1H3,(H,34,37). The maximum absolute atomic E-state index is 13.5. The van der Waals surface area contributed by atoms with E-state index in [9.17, 15) is 19.7 Å². The van der Waals surface area contributed by atoms with Crippen LogP contribution in [0.2, 0.25) is 0 Å². The molecule has 0 aliphatic carbocycles. The van der Waals surface area contributed by atoms with Gasteiger partial charge in [-0.2, -0.15) is 0 Å². The largest absolute Gasteiger partial charge is 0.462 e. The number of nitro groups is 1. The average Bonchev–Trinajstić information content (AvgIpc) is 3.29. The van der Waals surface area contributed by atoms with Gasteiger partial charge >= 0.3 is 5.97 Å². The summed E-state index contributed by atoms with van der Waals surface area (Å²) in [5.74, 6) is -1.01. The fourth-order valence-electron chi connectivity index (χ4n) is 4.45. The van der Waals surface area contributed by atoms with E-state index in [2.05, 4.69) is 12.2 Å². The first-order valence-electron chi connectivity index (χ1n) is 13.2. The molecule has 5 aromatic rings. The molecule has 5 rings (SSSR count). The number of hydrogen-bond acceptors (Lipinski definition) is 7. The summed E-state index contributed by atoms with van der Waals surface area (Å²) < 4.78 is 7.31. The number of unbranched alkanes of at least 4 members (excludes halogenated alkanes) is 2. The Hall–Kier alpha value is -5.38. The molecule has 206 valence electrons. The van der Waals surface area contributed by atoms with Crippen LogP contribution in [0, 0.1) is 10.1 Å². The number of nitrogens with one attached hydrogen (secondary N) is 1. The lowest BCUT2D eigenvalue weighted by Gasteiger charge is -2.12. The Labute approximate surface area is 235 Å². The number of hydrogen-bond donors (Lipinski definition) is 1. The van der Waals surface area contributed by atoms with Gasteiger partial charge < -0.3 is 10.1 Å².